The van der Waals surface area contributed by atoms with Gasteiger partial charge >= 0.3 is 5.97 Å². The van der Waals surface area contributed by atoms with Crippen molar-refractivity contribution in [2.24, 2.45) is 11.8 Å². The van der Waals surface area contributed by atoms with Crippen molar-refractivity contribution in [2.75, 3.05) is 18.9 Å². The lowest BCUT2D eigenvalue weighted by atomic mass is 9.80. The number of carbonyl (C=O) groups is 2. The van der Waals surface area contributed by atoms with E-state index in [0.29, 0.717) is 11.5 Å². The summed E-state index contributed by atoms with van der Waals surface area (Å²) in [5, 5.41) is 6.09. The Balaban J connectivity index is 1.02. The van der Waals surface area contributed by atoms with E-state index in [-0.39, 0.29) is 42.9 Å². The van der Waals surface area contributed by atoms with Gasteiger partial charge in [0.15, 0.2) is 0 Å². The highest BCUT2D eigenvalue weighted by molar-refractivity contribution is 5.94. The Hall–Kier alpha value is -4.52. The molecule has 2 aliphatic carbocycles. The number of nitrogens with zero attached hydrogens (tertiary/aromatic N) is 1. The van der Waals surface area contributed by atoms with Gasteiger partial charge in [-0.3, -0.25) is 9.59 Å². The van der Waals surface area contributed by atoms with Gasteiger partial charge < -0.3 is 23.8 Å². The van der Waals surface area contributed by atoms with Crippen molar-refractivity contribution in [1.82, 2.24) is 4.90 Å². The maximum atomic E-state index is 13.6. The van der Waals surface area contributed by atoms with E-state index in [1.54, 1.807) is 11.9 Å². The van der Waals surface area contributed by atoms with E-state index in [4.69, 9.17) is 13.6 Å². The van der Waals surface area contributed by atoms with E-state index < -0.39 is 0 Å². The third-order valence-electron chi connectivity index (χ3n) is 11.6. The number of esters is 1. The highest BCUT2D eigenvalue weighted by atomic mass is 16.5. The van der Waals surface area contributed by atoms with Crippen LogP contribution in [0.2, 0.25) is 0 Å². The van der Waals surface area contributed by atoms with Gasteiger partial charge in [0.25, 0.3) is 5.91 Å². The van der Waals surface area contributed by atoms with Gasteiger partial charge in [0.05, 0.1) is 12.5 Å². The third kappa shape index (κ3) is 7.65. The average Bonchev–Trinajstić information content (AvgIpc) is 3.77. The highest BCUT2D eigenvalue weighted by Crippen LogP contribution is 2.44. The Labute approximate surface area is 308 Å². The highest BCUT2D eigenvalue weighted by Gasteiger charge is 2.34. The number of hydrogen-bond donors (Lipinski definition) is 1. The third-order valence-corrected chi connectivity index (χ3v) is 11.6. The molecule has 0 aliphatic heterocycles. The summed E-state index contributed by atoms with van der Waals surface area (Å²) in [4.78, 5) is 28.7. The standard InChI is InChI=1S/C45H54N2O5/c1-4-36-41(34-20-12-14-22-38(34)50-36)43(30-16-8-6-9-17-30)46-33-26-24-32(25-27-33)45(49)47(3)29-28-40(48)52-44(31-18-10-7-11-19-31)42-35-21-13-15-23-39(35)51-37(42)5-2/h12-15,20-27,30-31,43-44,46H,4-11,16-19,28-29H2,1-3H3. The molecule has 2 heterocycles. The van der Waals surface area contributed by atoms with Crippen molar-refractivity contribution in [2.45, 2.75) is 109 Å². The first-order valence-electron chi connectivity index (χ1n) is 19.8. The van der Waals surface area contributed by atoms with E-state index in [0.717, 1.165) is 77.8 Å². The van der Waals surface area contributed by atoms with Crippen LogP contribution in [-0.4, -0.2) is 30.4 Å². The summed E-state index contributed by atoms with van der Waals surface area (Å²) in [6.45, 7) is 4.52. The number of aryl methyl sites for hydroxylation is 2. The van der Waals surface area contributed by atoms with Crippen molar-refractivity contribution in [3.8, 4) is 0 Å². The number of anilines is 1. The van der Waals surface area contributed by atoms with Gasteiger partial charge in [-0.15, -0.1) is 0 Å². The van der Waals surface area contributed by atoms with Crippen LogP contribution in [0.3, 0.4) is 0 Å². The topological polar surface area (TPSA) is 84.9 Å². The van der Waals surface area contributed by atoms with E-state index in [9.17, 15) is 9.59 Å². The van der Waals surface area contributed by atoms with Crippen LogP contribution in [0.25, 0.3) is 21.9 Å². The smallest absolute Gasteiger partial charge is 0.308 e. The van der Waals surface area contributed by atoms with E-state index >= 15 is 0 Å². The molecule has 5 aromatic rings. The van der Waals surface area contributed by atoms with Gasteiger partial charge in [0.1, 0.15) is 28.8 Å². The van der Waals surface area contributed by atoms with Crippen molar-refractivity contribution >= 4 is 39.5 Å². The van der Waals surface area contributed by atoms with Crippen molar-refractivity contribution < 1.29 is 23.2 Å². The zero-order valence-corrected chi connectivity index (χ0v) is 31.1. The molecule has 52 heavy (non-hydrogen) atoms. The Morgan fingerprint density at radius 3 is 1.87 bits per heavy atom. The molecular weight excluding hydrogens is 649 g/mol. The zero-order valence-electron chi connectivity index (χ0n) is 31.1. The SMILES string of the molecule is CCc1oc2ccccc2c1C(Nc1ccc(C(=O)N(C)CCC(=O)OC(c2c(CC)oc3ccccc23)C2CCCCC2)cc1)C1CCCCC1. The van der Waals surface area contributed by atoms with Gasteiger partial charge in [-0.05, 0) is 68.0 Å². The number of rotatable bonds is 13. The fourth-order valence-corrected chi connectivity index (χ4v) is 8.80. The van der Waals surface area contributed by atoms with Crippen LogP contribution < -0.4 is 5.32 Å². The fraction of sp³-hybridized carbons (Fsp3) is 0.467. The number of benzene rings is 3. The predicted molar refractivity (Wildman–Crippen MR) is 208 cm³/mol. The molecule has 2 aliphatic rings. The van der Waals surface area contributed by atoms with Gasteiger partial charge in [-0.2, -0.15) is 0 Å². The van der Waals surface area contributed by atoms with E-state index in [1.165, 1.54) is 49.5 Å². The number of carbonyl (C=O) groups excluding carboxylic acids is 2. The largest absolute Gasteiger partial charge is 0.461 e. The molecule has 2 atom stereocenters. The number of fused-ring (bicyclic) bond motifs is 2. The summed E-state index contributed by atoms with van der Waals surface area (Å²) in [7, 11) is 1.76. The molecule has 2 saturated carbocycles. The minimum absolute atomic E-state index is 0.116. The Kier molecular flexibility index (Phi) is 11.3. The number of amides is 1. The monoisotopic (exact) mass is 702 g/mol. The van der Waals surface area contributed by atoms with Crippen LogP contribution >= 0.6 is 0 Å². The lowest BCUT2D eigenvalue weighted by Gasteiger charge is -2.32. The van der Waals surface area contributed by atoms with E-state index in [1.807, 2.05) is 48.5 Å². The number of ether oxygens (including phenoxy) is 1. The summed E-state index contributed by atoms with van der Waals surface area (Å²) in [5.41, 5.74) is 5.65. The molecule has 2 aromatic heterocycles. The zero-order chi connectivity index (χ0) is 36.0. The molecule has 2 fully saturated rings. The molecule has 3 aromatic carbocycles. The Morgan fingerprint density at radius 1 is 0.731 bits per heavy atom. The number of nitrogens with one attached hydrogen (secondary N) is 1. The summed E-state index contributed by atoms with van der Waals surface area (Å²) in [6.07, 6.45) is 13.1. The lowest BCUT2D eigenvalue weighted by molar-refractivity contribution is -0.153. The molecule has 2 unspecified atom stereocenters. The first-order chi connectivity index (χ1) is 25.4. The quantitative estimate of drug-likeness (QED) is 0.123. The normalized spacial score (nSPS) is 16.9. The Bertz CT molecular complexity index is 1960. The number of hydrogen-bond acceptors (Lipinski definition) is 6. The predicted octanol–water partition coefficient (Wildman–Crippen LogP) is 11.4. The minimum Gasteiger partial charge on any atom is -0.461 e. The van der Waals surface area contributed by atoms with Crippen molar-refractivity contribution in [3.63, 3.8) is 0 Å². The van der Waals surface area contributed by atoms with Crippen LogP contribution in [0, 0.1) is 11.8 Å². The van der Waals surface area contributed by atoms with Gasteiger partial charge in [0, 0.05) is 65.5 Å². The molecule has 7 rings (SSSR count). The molecule has 7 nitrogen and oxygen atoms in total. The second-order valence-electron chi connectivity index (χ2n) is 15.0. The van der Waals surface area contributed by atoms with Crippen LogP contribution in [-0.2, 0) is 22.4 Å². The molecule has 0 saturated heterocycles. The first-order valence-corrected chi connectivity index (χ1v) is 19.8. The fourth-order valence-electron chi connectivity index (χ4n) is 8.80. The van der Waals surface area contributed by atoms with Crippen LogP contribution in [0.4, 0.5) is 5.69 Å². The maximum Gasteiger partial charge on any atom is 0.308 e. The molecule has 7 heteroatoms. The van der Waals surface area contributed by atoms with Crippen molar-refractivity contribution in [3.05, 3.63) is 101 Å². The van der Waals surface area contributed by atoms with E-state index in [2.05, 4.69) is 43.4 Å². The van der Waals surface area contributed by atoms with Gasteiger partial charge in [0.2, 0.25) is 0 Å². The number of furan rings is 2. The average molecular weight is 703 g/mol. The molecule has 1 amide bonds. The second-order valence-corrected chi connectivity index (χ2v) is 15.0. The van der Waals surface area contributed by atoms with Crippen LogP contribution in [0.5, 0.6) is 0 Å². The Morgan fingerprint density at radius 2 is 1.27 bits per heavy atom. The minimum atomic E-state index is -0.349. The van der Waals surface area contributed by atoms with Crippen LogP contribution in [0.1, 0.15) is 130 Å². The summed E-state index contributed by atoms with van der Waals surface area (Å²) in [5.74, 6) is 2.30. The second kappa shape index (κ2) is 16.4. The molecule has 1 N–H and O–H groups in total. The molecular formula is C45H54N2O5. The number of para-hydroxylation sites is 2. The van der Waals surface area contributed by atoms with Crippen molar-refractivity contribution in [1.29, 1.82) is 0 Å². The van der Waals surface area contributed by atoms with Gasteiger partial charge in [-0.1, -0.05) is 88.8 Å². The first kappa shape index (κ1) is 35.9. The molecule has 0 bridgehead atoms. The summed E-state index contributed by atoms with van der Waals surface area (Å²) < 4.78 is 18.9. The molecule has 274 valence electrons. The summed E-state index contributed by atoms with van der Waals surface area (Å²) in [6, 6.07) is 24.3. The van der Waals surface area contributed by atoms with Gasteiger partial charge in [-0.25, -0.2) is 0 Å². The summed E-state index contributed by atoms with van der Waals surface area (Å²) >= 11 is 0. The molecule has 0 spiro atoms. The maximum absolute atomic E-state index is 13.6. The molecule has 0 radical (unpaired) electrons. The lowest BCUT2D eigenvalue weighted by Crippen LogP contribution is -2.30. The van der Waals surface area contributed by atoms with Crippen LogP contribution in [0.15, 0.2) is 81.6 Å².